The van der Waals surface area contributed by atoms with Gasteiger partial charge in [-0.2, -0.15) is 18.3 Å². The number of halogens is 4. The third kappa shape index (κ3) is 11.2. The van der Waals surface area contributed by atoms with Crippen LogP contribution in [0.1, 0.15) is 56.7 Å². The number of hydrogen-bond donors (Lipinski definition) is 9. The minimum absolute atomic E-state index is 0.0585. The maximum absolute atomic E-state index is 13.5. The number of amides is 2. The molecule has 304 valence electrons. The fraction of sp³-hybridized carbons (Fsp3) is 0.432. The van der Waals surface area contributed by atoms with E-state index in [9.17, 15) is 43.2 Å². The number of piperidine rings is 1. The van der Waals surface area contributed by atoms with E-state index in [-0.39, 0.29) is 35.5 Å². The lowest BCUT2D eigenvalue weighted by atomic mass is 9.99. The van der Waals surface area contributed by atoms with Crippen LogP contribution in [0.15, 0.2) is 65.8 Å². The topological polar surface area (TPSA) is 223 Å². The van der Waals surface area contributed by atoms with Gasteiger partial charge in [-0.15, -0.1) is 0 Å². The summed E-state index contributed by atoms with van der Waals surface area (Å²) >= 11 is 5.71. The molecule has 3 aromatic rings. The molecule has 0 aromatic heterocycles. The highest BCUT2D eigenvalue weighted by molar-refractivity contribution is 6.31. The Kier molecular flexibility index (Phi) is 15.2. The monoisotopic (exact) mass is 807 g/mol. The van der Waals surface area contributed by atoms with Gasteiger partial charge in [-0.3, -0.25) is 20.9 Å². The smallest absolute Gasteiger partial charge is 0.394 e. The van der Waals surface area contributed by atoms with Crippen LogP contribution in [0.4, 0.5) is 24.5 Å². The Morgan fingerprint density at radius 2 is 1.79 bits per heavy atom. The molecule has 2 aliphatic heterocycles. The molecule has 19 heteroatoms. The summed E-state index contributed by atoms with van der Waals surface area (Å²) in [4.78, 5) is 29.1. The Morgan fingerprint density at radius 1 is 1.02 bits per heavy atom. The van der Waals surface area contributed by atoms with E-state index in [0.29, 0.717) is 6.54 Å². The molecule has 2 saturated heterocycles. The third-order valence-electron chi connectivity index (χ3n) is 9.35. The van der Waals surface area contributed by atoms with Gasteiger partial charge in [0.25, 0.3) is 11.8 Å². The van der Waals surface area contributed by atoms with E-state index >= 15 is 0 Å². The highest BCUT2D eigenvalue weighted by Gasteiger charge is 2.44. The van der Waals surface area contributed by atoms with E-state index < -0.39 is 71.9 Å². The van der Waals surface area contributed by atoms with E-state index in [1.165, 1.54) is 6.07 Å². The van der Waals surface area contributed by atoms with Crippen molar-refractivity contribution in [2.24, 2.45) is 10.9 Å². The molecule has 0 saturated carbocycles. The summed E-state index contributed by atoms with van der Waals surface area (Å²) in [6.07, 6.45) is -7.65. The Labute approximate surface area is 325 Å². The van der Waals surface area contributed by atoms with Crippen LogP contribution in [0.25, 0.3) is 0 Å². The minimum Gasteiger partial charge on any atom is -0.394 e. The first-order chi connectivity index (χ1) is 26.8. The maximum atomic E-state index is 13.5. The lowest BCUT2D eigenvalue weighted by molar-refractivity contribution is -0.302. The zero-order chi connectivity index (χ0) is 40.4. The zero-order valence-corrected chi connectivity index (χ0v) is 30.8. The van der Waals surface area contributed by atoms with Gasteiger partial charge in [0.05, 0.1) is 47.3 Å². The highest BCUT2D eigenvalue weighted by Crippen LogP contribution is 2.35. The molecular weight excluding hydrogens is 763 g/mol. The number of hydrazine groups is 1. The third-order valence-corrected chi connectivity index (χ3v) is 9.68. The predicted octanol–water partition coefficient (Wildman–Crippen LogP) is 2.10. The molecule has 6 unspecified atom stereocenters. The van der Waals surface area contributed by atoms with Gasteiger partial charge in [-0.1, -0.05) is 29.8 Å². The number of aliphatic hydroxyl groups excluding tert-OH is 4. The van der Waals surface area contributed by atoms with Gasteiger partial charge in [0.1, 0.15) is 24.4 Å². The lowest BCUT2D eigenvalue weighted by Gasteiger charge is -2.40. The largest absolute Gasteiger partial charge is 0.417 e. The van der Waals surface area contributed by atoms with Crippen molar-refractivity contribution in [2.45, 2.75) is 68.7 Å². The van der Waals surface area contributed by atoms with Crippen LogP contribution in [-0.2, 0) is 22.2 Å². The van der Waals surface area contributed by atoms with E-state index in [4.69, 9.17) is 26.9 Å². The zero-order valence-electron chi connectivity index (χ0n) is 30.1. The van der Waals surface area contributed by atoms with Gasteiger partial charge in [0, 0.05) is 37.4 Å². The number of hydrazone groups is 1. The van der Waals surface area contributed by atoms with Crippen LogP contribution in [-0.4, -0.2) is 108 Å². The number of hydrogen-bond acceptors (Lipinski definition) is 13. The number of nitrogens with one attached hydrogen (secondary N) is 4. The lowest BCUT2D eigenvalue weighted by Crippen LogP contribution is -2.59. The molecule has 3 aromatic carbocycles. The number of anilines is 2. The van der Waals surface area contributed by atoms with Crippen molar-refractivity contribution in [3.63, 3.8) is 0 Å². The summed E-state index contributed by atoms with van der Waals surface area (Å²) < 4.78 is 50.9. The average Bonchev–Trinajstić information content (AvgIpc) is 3.19. The number of ether oxygens (including phenoxy) is 2. The van der Waals surface area contributed by atoms with Crippen LogP contribution in [0.2, 0.25) is 5.02 Å². The SMILES string of the molecule is NNC(CNCc1cccc(C(=O)Nc2ccc(N3CCCCC3)cc2C(=O)NN=Cc2ccc(Cl)c(C(F)(F)F)c2)c1)COC1OC(CO)C(O)C(O)C1O. The van der Waals surface area contributed by atoms with Crippen molar-refractivity contribution in [1.82, 2.24) is 16.2 Å². The summed E-state index contributed by atoms with van der Waals surface area (Å²) in [6.45, 7) is 1.47. The molecule has 2 fully saturated rings. The fourth-order valence-electron chi connectivity index (χ4n) is 6.23. The molecular formula is C37H45ClF3N7O8. The number of aliphatic hydroxyl groups is 4. The van der Waals surface area contributed by atoms with Crippen molar-refractivity contribution in [3.8, 4) is 0 Å². The van der Waals surface area contributed by atoms with Gasteiger partial charge in [-0.05, 0) is 72.9 Å². The molecule has 2 aliphatic rings. The fourth-order valence-corrected chi connectivity index (χ4v) is 6.46. The summed E-state index contributed by atoms with van der Waals surface area (Å²) in [5.74, 6) is 4.46. The summed E-state index contributed by atoms with van der Waals surface area (Å²) in [5, 5.41) is 48.9. The predicted molar refractivity (Wildman–Crippen MR) is 201 cm³/mol. The Balaban J connectivity index is 1.22. The first-order valence-electron chi connectivity index (χ1n) is 17.9. The number of nitrogens with two attached hydrogens (primary N) is 1. The van der Waals surface area contributed by atoms with Crippen molar-refractivity contribution in [3.05, 3.63) is 93.5 Å². The van der Waals surface area contributed by atoms with E-state index in [2.05, 4.69) is 31.5 Å². The van der Waals surface area contributed by atoms with Crippen molar-refractivity contribution >= 4 is 41.0 Å². The summed E-state index contributed by atoms with van der Waals surface area (Å²) in [6, 6.07) is 14.5. The second-order valence-electron chi connectivity index (χ2n) is 13.4. The second-order valence-corrected chi connectivity index (χ2v) is 13.8. The van der Waals surface area contributed by atoms with Gasteiger partial charge in [-0.25, -0.2) is 5.43 Å². The van der Waals surface area contributed by atoms with Crippen LogP contribution >= 0.6 is 11.6 Å². The van der Waals surface area contributed by atoms with Gasteiger partial charge in [0.2, 0.25) is 0 Å². The second kappa shape index (κ2) is 19.8. The molecule has 0 spiro atoms. The molecule has 0 radical (unpaired) electrons. The van der Waals surface area contributed by atoms with Crippen molar-refractivity contribution < 1.29 is 52.7 Å². The molecule has 10 N–H and O–H groups in total. The molecule has 0 aliphatic carbocycles. The number of benzene rings is 3. The molecule has 56 heavy (non-hydrogen) atoms. The minimum atomic E-state index is -4.68. The van der Waals surface area contributed by atoms with Crippen LogP contribution in [0, 0.1) is 0 Å². The van der Waals surface area contributed by atoms with Gasteiger partial charge < -0.3 is 45.4 Å². The molecule has 2 heterocycles. The number of rotatable bonds is 15. The highest BCUT2D eigenvalue weighted by atomic mass is 35.5. The van der Waals surface area contributed by atoms with Gasteiger partial charge >= 0.3 is 6.18 Å². The Bertz CT molecular complexity index is 1830. The quantitative estimate of drug-likeness (QED) is 0.0612. The van der Waals surface area contributed by atoms with E-state index in [0.717, 1.165) is 62.0 Å². The van der Waals surface area contributed by atoms with Gasteiger partial charge in [0.15, 0.2) is 6.29 Å². The molecule has 5 rings (SSSR count). The molecule has 6 atom stereocenters. The number of alkyl halides is 3. The number of nitrogens with zero attached hydrogens (tertiary/aromatic N) is 2. The van der Waals surface area contributed by atoms with Crippen LogP contribution < -0.4 is 32.2 Å². The first kappa shape index (κ1) is 42.9. The summed E-state index contributed by atoms with van der Waals surface area (Å²) in [5.41, 5.74) is 6.01. The van der Waals surface area contributed by atoms with E-state index in [1.54, 1.807) is 42.5 Å². The van der Waals surface area contributed by atoms with Crippen LogP contribution in [0.5, 0.6) is 0 Å². The Hall–Kier alpha value is -4.21. The van der Waals surface area contributed by atoms with Crippen molar-refractivity contribution in [2.75, 3.05) is 43.1 Å². The maximum Gasteiger partial charge on any atom is 0.417 e. The molecule has 0 bridgehead atoms. The Morgan fingerprint density at radius 3 is 2.50 bits per heavy atom. The molecule has 2 amide bonds. The normalized spacial score (nSPS) is 22.2. The standard InChI is InChI=1S/C37H45ClF3N7O8/c38-28-9-7-22(14-27(28)37(39,40)41)17-44-47-35(54)26-15-25(48-11-2-1-3-12-48)8-10-29(26)45-34(53)23-6-4-5-21(13-23)16-43-18-24(46-42)20-55-36-33(52)32(51)31(50)30(19-49)56-36/h4-10,13-15,17,24,30-33,36,43,46,49-52H,1-3,11-12,16,18-20,42H2,(H,45,53)(H,47,54). The number of carbonyl (C=O) groups excluding carboxylic acids is 2. The summed E-state index contributed by atoms with van der Waals surface area (Å²) in [7, 11) is 0. The average molecular weight is 808 g/mol. The van der Waals surface area contributed by atoms with E-state index in [1.807, 2.05) is 0 Å². The molecule has 15 nitrogen and oxygen atoms in total. The number of carbonyl (C=O) groups is 2. The first-order valence-corrected chi connectivity index (χ1v) is 18.2. The van der Waals surface area contributed by atoms with Crippen molar-refractivity contribution in [1.29, 1.82) is 0 Å². The van der Waals surface area contributed by atoms with Crippen LogP contribution in [0.3, 0.4) is 0 Å².